The fraction of sp³-hybridized carbons (Fsp3) is 0. The molecule has 12 aromatic carbocycles. The molecule has 0 saturated carbocycles. The van der Waals surface area contributed by atoms with Crippen LogP contribution in [-0.4, -0.2) is 4.98 Å². The summed E-state index contributed by atoms with van der Waals surface area (Å²) in [4.78, 5) is 19.7. The molecule has 1 aromatic heterocycles. The maximum Gasteiger partial charge on any atom is 0.140 e. The van der Waals surface area contributed by atoms with E-state index in [4.69, 9.17) is 4.98 Å². The van der Waals surface area contributed by atoms with Gasteiger partial charge in [0.2, 0.25) is 0 Å². The summed E-state index contributed by atoms with van der Waals surface area (Å²) in [6.45, 7) is 0. The Hall–Kier alpha value is -11.4. The number of para-hydroxylation sites is 10. The summed E-state index contributed by atoms with van der Waals surface area (Å²) >= 11 is 0. The monoisotopic (exact) mass is 1080 g/mol. The van der Waals surface area contributed by atoms with Crippen molar-refractivity contribution in [2.75, 3.05) is 29.4 Å². The van der Waals surface area contributed by atoms with Crippen LogP contribution in [0.25, 0.3) is 0 Å². The zero-order valence-electron chi connectivity index (χ0n) is 46.2. The van der Waals surface area contributed by atoms with Crippen LogP contribution in [0.15, 0.2) is 358 Å². The van der Waals surface area contributed by atoms with Crippen LogP contribution in [0.2, 0.25) is 0 Å². The molecule has 7 heteroatoms. The van der Waals surface area contributed by atoms with E-state index in [0.717, 1.165) is 103 Å². The van der Waals surface area contributed by atoms with E-state index in [-0.39, 0.29) is 0 Å². The Kier molecular flexibility index (Phi) is 15.2. The SMILES string of the molecule is c1ccc(N(c2ccccc2)c2cc(N(c3ccccc3)c3ccccc3)cc(N(c3ccccc3)c3cccc(N(c4ccccc4)c4cc(N(c5ccccc5)c5ccccc5)cc(N(c5ccccc5)c5ccccc5)c4)n3)c2)cc1. The first-order valence-corrected chi connectivity index (χ1v) is 28.3. The molecule has 0 fully saturated rings. The van der Waals surface area contributed by atoms with Crippen LogP contribution in [0.5, 0.6) is 0 Å². The van der Waals surface area contributed by atoms with Crippen LogP contribution in [0.4, 0.5) is 103 Å². The molecule has 0 unspecified atom stereocenters. The molecule has 0 atom stereocenters. The van der Waals surface area contributed by atoms with Gasteiger partial charge in [0.05, 0.1) is 34.1 Å². The van der Waals surface area contributed by atoms with Crippen LogP contribution in [0.1, 0.15) is 0 Å². The molecule has 0 radical (unpaired) electrons. The quantitative estimate of drug-likeness (QED) is 0.0846. The van der Waals surface area contributed by atoms with Crippen molar-refractivity contribution in [2.24, 2.45) is 0 Å². The van der Waals surface area contributed by atoms with Gasteiger partial charge >= 0.3 is 0 Å². The predicted octanol–water partition coefficient (Wildman–Crippen LogP) is 21.9. The van der Waals surface area contributed by atoms with Crippen LogP contribution in [0.3, 0.4) is 0 Å². The highest BCUT2D eigenvalue weighted by Gasteiger charge is 2.26. The molecule has 0 aliphatic heterocycles. The third kappa shape index (κ3) is 11.2. The van der Waals surface area contributed by atoms with Crippen molar-refractivity contribution in [3.63, 3.8) is 0 Å². The summed E-state index contributed by atoms with van der Waals surface area (Å²) < 4.78 is 0. The van der Waals surface area contributed by atoms with Gasteiger partial charge in [-0.05, 0) is 170 Å². The van der Waals surface area contributed by atoms with Gasteiger partial charge in [-0.3, -0.25) is 9.80 Å². The molecule has 0 aliphatic carbocycles. The van der Waals surface area contributed by atoms with Crippen molar-refractivity contribution in [3.8, 4) is 0 Å². The zero-order valence-corrected chi connectivity index (χ0v) is 46.2. The number of hydrogen-bond acceptors (Lipinski definition) is 7. The average molecular weight is 1080 g/mol. The molecule has 84 heavy (non-hydrogen) atoms. The standard InChI is InChI=1S/C77H59N7/c1-11-32-60(33-12-1)79(61-34-13-2-14-35-61)70-54-71(80(62-36-15-3-16-37-62)63-38-17-4-18-39-63)57-74(56-70)83(68-48-27-9-28-49-68)76-52-31-53-77(78-76)84(69-50-29-10-30-51-69)75-58-72(81(64-40-19-5-20-41-64)65-42-21-6-22-43-65)55-73(59-75)82(66-44-23-7-24-45-66)67-46-25-8-26-47-67/h1-59H. The molecule has 13 aromatic rings. The van der Waals surface area contributed by atoms with Gasteiger partial charge in [0.1, 0.15) is 11.6 Å². The van der Waals surface area contributed by atoms with Crippen LogP contribution in [-0.2, 0) is 0 Å². The van der Waals surface area contributed by atoms with E-state index < -0.39 is 0 Å². The normalized spacial score (nSPS) is 10.9. The van der Waals surface area contributed by atoms with Gasteiger partial charge in [0, 0.05) is 56.9 Å². The van der Waals surface area contributed by atoms with Crippen molar-refractivity contribution in [3.05, 3.63) is 358 Å². The minimum absolute atomic E-state index is 0.724. The van der Waals surface area contributed by atoms with Crippen LogP contribution in [0, 0.1) is 0 Å². The highest BCUT2D eigenvalue weighted by Crippen LogP contribution is 2.49. The molecule has 402 valence electrons. The summed E-state index contributed by atoms with van der Waals surface area (Å²) in [7, 11) is 0. The van der Waals surface area contributed by atoms with E-state index in [9.17, 15) is 0 Å². The van der Waals surface area contributed by atoms with Crippen LogP contribution >= 0.6 is 0 Å². The number of nitrogens with zero attached hydrogens (tertiary/aromatic N) is 7. The summed E-state index contributed by atoms with van der Waals surface area (Å²) in [5.41, 5.74) is 15.8. The van der Waals surface area contributed by atoms with Crippen molar-refractivity contribution in [1.82, 2.24) is 4.98 Å². The first-order valence-electron chi connectivity index (χ1n) is 28.3. The Morgan fingerprint density at radius 2 is 0.274 bits per heavy atom. The molecule has 0 spiro atoms. The Morgan fingerprint density at radius 3 is 0.440 bits per heavy atom. The smallest absolute Gasteiger partial charge is 0.140 e. The van der Waals surface area contributed by atoms with E-state index >= 15 is 0 Å². The fourth-order valence-corrected chi connectivity index (χ4v) is 11.0. The number of benzene rings is 12. The molecule has 0 bridgehead atoms. The average Bonchev–Trinajstić information content (AvgIpc) is 3.73. The van der Waals surface area contributed by atoms with Gasteiger partial charge in [-0.25, -0.2) is 4.98 Å². The molecule has 0 aliphatic rings. The van der Waals surface area contributed by atoms with Crippen LogP contribution < -0.4 is 29.4 Å². The van der Waals surface area contributed by atoms with Gasteiger partial charge in [0.15, 0.2) is 0 Å². The Morgan fingerprint density at radius 1 is 0.131 bits per heavy atom. The van der Waals surface area contributed by atoms with Gasteiger partial charge in [-0.2, -0.15) is 0 Å². The van der Waals surface area contributed by atoms with Gasteiger partial charge in [0.25, 0.3) is 0 Å². The number of pyridine rings is 1. The van der Waals surface area contributed by atoms with Gasteiger partial charge in [-0.1, -0.05) is 188 Å². The largest absolute Gasteiger partial charge is 0.310 e. The summed E-state index contributed by atoms with van der Waals surface area (Å²) in [5.74, 6) is 1.45. The maximum absolute atomic E-state index is 5.84. The summed E-state index contributed by atoms with van der Waals surface area (Å²) in [6.07, 6.45) is 0. The fourth-order valence-electron chi connectivity index (χ4n) is 11.0. The predicted molar refractivity (Wildman–Crippen MR) is 352 cm³/mol. The van der Waals surface area contributed by atoms with E-state index in [1.54, 1.807) is 0 Å². The maximum atomic E-state index is 5.84. The number of anilines is 18. The second kappa shape index (κ2) is 24.5. The topological polar surface area (TPSA) is 32.3 Å². The first-order chi connectivity index (χ1) is 41.7. The Balaban J connectivity index is 1.05. The lowest BCUT2D eigenvalue weighted by Crippen LogP contribution is -2.18. The van der Waals surface area contributed by atoms with Crippen molar-refractivity contribution < 1.29 is 0 Å². The third-order valence-corrected chi connectivity index (χ3v) is 14.6. The summed E-state index contributed by atoms with van der Waals surface area (Å²) in [6, 6.07) is 126. The molecule has 0 amide bonds. The lowest BCUT2D eigenvalue weighted by atomic mass is 10.1. The molecule has 13 rings (SSSR count). The summed E-state index contributed by atoms with van der Waals surface area (Å²) in [5, 5.41) is 0. The van der Waals surface area contributed by atoms with Gasteiger partial charge in [-0.15, -0.1) is 0 Å². The number of aromatic nitrogens is 1. The highest BCUT2D eigenvalue weighted by atomic mass is 15.3. The first kappa shape index (κ1) is 52.0. The lowest BCUT2D eigenvalue weighted by Gasteiger charge is -2.33. The molecular weight excluding hydrogens is 1020 g/mol. The van der Waals surface area contributed by atoms with Crippen molar-refractivity contribution >= 4 is 103 Å². The minimum atomic E-state index is 0.724. The molecule has 0 N–H and O–H groups in total. The third-order valence-electron chi connectivity index (χ3n) is 14.6. The van der Waals surface area contributed by atoms with E-state index in [1.165, 1.54) is 0 Å². The minimum Gasteiger partial charge on any atom is -0.310 e. The molecule has 1 heterocycles. The Bertz CT molecular complexity index is 3550. The number of hydrogen-bond donors (Lipinski definition) is 0. The van der Waals surface area contributed by atoms with E-state index in [0.29, 0.717) is 0 Å². The molecule has 7 nitrogen and oxygen atoms in total. The van der Waals surface area contributed by atoms with E-state index in [2.05, 4.69) is 387 Å². The zero-order chi connectivity index (χ0) is 56.3. The number of rotatable bonds is 18. The van der Waals surface area contributed by atoms with E-state index in [1.807, 2.05) is 0 Å². The second-order valence-electron chi connectivity index (χ2n) is 20.1. The highest BCUT2D eigenvalue weighted by molar-refractivity contribution is 5.92. The van der Waals surface area contributed by atoms with Crippen molar-refractivity contribution in [2.45, 2.75) is 0 Å². The van der Waals surface area contributed by atoms with Gasteiger partial charge < -0.3 is 19.6 Å². The lowest BCUT2D eigenvalue weighted by molar-refractivity contribution is 1.13. The Labute approximate surface area is 492 Å². The molecular formula is C77H59N7. The second-order valence-corrected chi connectivity index (χ2v) is 20.1. The van der Waals surface area contributed by atoms with Crippen molar-refractivity contribution in [1.29, 1.82) is 0 Å². The molecule has 0 saturated heterocycles.